The van der Waals surface area contributed by atoms with Crippen LogP contribution in [-0.4, -0.2) is 38.9 Å². The van der Waals surface area contributed by atoms with Gasteiger partial charge in [-0.1, -0.05) is 34.8 Å². The van der Waals surface area contributed by atoms with Gasteiger partial charge in [0, 0.05) is 17.1 Å². The van der Waals surface area contributed by atoms with Crippen LogP contribution in [0.15, 0.2) is 51.1 Å². The fraction of sp³-hybridized carbons (Fsp3) is 0.143. The van der Waals surface area contributed by atoms with Crippen LogP contribution in [0.1, 0.15) is 16.7 Å². The van der Waals surface area contributed by atoms with Crippen molar-refractivity contribution in [2.75, 3.05) is 17.2 Å². The van der Waals surface area contributed by atoms with Gasteiger partial charge in [-0.2, -0.15) is 0 Å². The van der Waals surface area contributed by atoms with Gasteiger partial charge < -0.3 is 30.9 Å². The van der Waals surface area contributed by atoms with E-state index >= 15 is 0 Å². The number of halogens is 3. The molecule has 0 saturated carbocycles. The van der Waals surface area contributed by atoms with E-state index in [9.17, 15) is 38.9 Å². The Bertz CT molecular complexity index is 1530. The van der Waals surface area contributed by atoms with Crippen molar-refractivity contribution in [3.8, 4) is 0 Å². The molecule has 0 aliphatic carbocycles. The maximum absolute atomic E-state index is 10.6. The minimum atomic E-state index is -4.53. The quantitative estimate of drug-likeness (QED) is 0.200. The number of anilines is 3. The first kappa shape index (κ1) is 38.2. The van der Waals surface area contributed by atoms with E-state index in [1.54, 1.807) is 20.8 Å². The topological polar surface area (TPSA) is 250 Å². The molecule has 0 heterocycles. The molecule has 0 amide bonds. The Morgan fingerprint density at radius 3 is 0.825 bits per heavy atom. The van der Waals surface area contributed by atoms with Gasteiger partial charge in [0.2, 0.25) is 0 Å². The third-order valence-corrected chi connectivity index (χ3v) is 8.67. The summed E-state index contributed by atoms with van der Waals surface area (Å²) >= 11 is 16.7. The number of nitrogens with two attached hydrogens (primary N) is 3. The van der Waals surface area contributed by atoms with Gasteiger partial charge in [-0.3, -0.25) is 0 Å². The number of hydrogen-bond acceptors (Lipinski definition) is 12. The molecule has 12 nitrogen and oxygen atoms in total. The minimum absolute atomic E-state index is 0. The second-order valence-electron chi connectivity index (χ2n) is 7.78. The zero-order chi connectivity index (χ0) is 30.7. The zero-order valence-corrected chi connectivity index (χ0v) is 26.3. The molecule has 0 aliphatic rings. The van der Waals surface area contributed by atoms with Crippen LogP contribution in [0.3, 0.4) is 0 Å². The largest absolute Gasteiger partial charge is 3.00 e. The zero-order valence-electron chi connectivity index (χ0n) is 20.5. The van der Waals surface area contributed by atoms with E-state index in [0.717, 1.165) is 18.2 Å². The maximum Gasteiger partial charge on any atom is 3.00 e. The molecule has 6 N–H and O–H groups in total. The van der Waals surface area contributed by atoms with E-state index < -0.39 is 45.0 Å². The molecule has 0 spiro atoms. The van der Waals surface area contributed by atoms with Gasteiger partial charge in [-0.15, -0.1) is 0 Å². The van der Waals surface area contributed by atoms with Crippen molar-refractivity contribution in [3.05, 3.63) is 68.2 Å². The molecule has 223 valence electrons. The normalized spacial score (nSPS) is 11.3. The fourth-order valence-corrected chi connectivity index (χ4v) is 5.79. The van der Waals surface area contributed by atoms with Crippen molar-refractivity contribution in [1.82, 2.24) is 0 Å². The number of rotatable bonds is 3. The van der Waals surface area contributed by atoms with Gasteiger partial charge >= 0.3 is 16.5 Å². The van der Waals surface area contributed by atoms with E-state index in [1.807, 2.05) is 0 Å². The molecule has 0 saturated heterocycles. The Kier molecular flexibility index (Phi) is 13.7. The Balaban J connectivity index is 0.000000563. The summed E-state index contributed by atoms with van der Waals surface area (Å²) in [5.74, 6) is 0. The molecule has 3 aromatic rings. The summed E-state index contributed by atoms with van der Waals surface area (Å²) in [6.07, 6.45) is 0. The number of benzene rings is 3. The van der Waals surface area contributed by atoms with Gasteiger partial charge in [-0.05, 0) is 73.9 Å². The van der Waals surface area contributed by atoms with Crippen molar-refractivity contribution in [2.45, 2.75) is 35.5 Å². The van der Waals surface area contributed by atoms with Gasteiger partial charge in [0.15, 0.2) is 0 Å². The predicted molar refractivity (Wildman–Crippen MR) is 146 cm³/mol. The molecule has 0 aliphatic heterocycles. The third-order valence-electron chi connectivity index (χ3n) is 4.77. The average Bonchev–Trinajstić information content (AvgIpc) is 2.74. The number of nitrogen functional groups attached to an aromatic ring is 3. The third kappa shape index (κ3) is 10.9. The standard InChI is InChI=1S/3C7H8ClNO3S.Ni/c3*1-4-2-5(8)7(3-6(4)9)13(10,11)12;/h3*2-3H,9H2,1H3,(H,10,11,12);/q;;;+3/p-3. The Labute approximate surface area is 257 Å². The summed E-state index contributed by atoms with van der Waals surface area (Å²) in [4.78, 5) is -1.42. The van der Waals surface area contributed by atoms with E-state index in [4.69, 9.17) is 52.0 Å². The van der Waals surface area contributed by atoms with Crippen molar-refractivity contribution in [1.29, 1.82) is 0 Å². The SMILES string of the molecule is Cc1cc(Cl)c(S(=O)(=O)[O-])cc1N.Cc1cc(Cl)c(S(=O)(=O)[O-])cc1N.Cc1cc(Cl)c(S(=O)(=O)[O-])cc1N.[Ni+3]. The van der Waals surface area contributed by atoms with Crippen LogP contribution >= 0.6 is 34.8 Å². The Morgan fingerprint density at radius 2 is 0.675 bits per heavy atom. The molecule has 0 fully saturated rings. The molecule has 3 rings (SSSR count). The van der Waals surface area contributed by atoms with Gasteiger partial charge in [-0.25, -0.2) is 25.3 Å². The molecule has 40 heavy (non-hydrogen) atoms. The van der Waals surface area contributed by atoms with E-state index in [2.05, 4.69) is 0 Å². The summed E-state index contributed by atoms with van der Waals surface area (Å²) in [5, 5.41) is -0.287. The molecule has 0 bridgehead atoms. The molecule has 3 aromatic carbocycles. The molecule has 0 aromatic heterocycles. The first-order valence-corrected chi connectivity index (χ1v) is 15.4. The Morgan fingerprint density at radius 1 is 0.500 bits per heavy atom. The first-order chi connectivity index (χ1) is 17.5. The van der Waals surface area contributed by atoms with Crippen LogP contribution in [-0.2, 0) is 46.8 Å². The molecular weight excluding hydrogens is 699 g/mol. The van der Waals surface area contributed by atoms with Crippen LogP contribution in [0, 0.1) is 20.8 Å². The van der Waals surface area contributed by atoms with Crippen molar-refractivity contribution < 1.29 is 55.4 Å². The van der Waals surface area contributed by atoms with Crippen molar-refractivity contribution in [2.24, 2.45) is 0 Å². The van der Waals surface area contributed by atoms with Crippen LogP contribution < -0.4 is 17.2 Å². The first-order valence-electron chi connectivity index (χ1n) is 10.0. The van der Waals surface area contributed by atoms with Crippen LogP contribution in [0.25, 0.3) is 0 Å². The maximum atomic E-state index is 10.6. The summed E-state index contributed by atoms with van der Waals surface area (Å²) in [7, 11) is -13.6. The van der Waals surface area contributed by atoms with E-state index in [1.165, 1.54) is 18.2 Å². The summed E-state index contributed by atoms with van der Waals surface area (Å²) in [6, 6.07) is 7.25. The second-order valence-corrected chi connectivity index (χ2v) is 13.0. The Hall–Kier alpha value is -1.85. The van der Waals surface area contributed by atoms with Crippen LogP contribution in [0.2, 0.25) is 15.1 Å². The van der Waals surface area contributed by atoms with Crippen molar-refractivity contribution >= 4 is 82.2 Å². The average molecular weight is 721 g/mol. The summed E-state index contributed by atoms with van der Waals surface area (Å²) in [6.45, 7) is 5.01. The molecular formula is C21H21Cl3N3NiO9S3. The second kappa shape index (κ2) is 14.4. The monoisotopic (exact) mass is 718 g/mol. The van der Waals surface area contributed by atoms with Gasteiger partial charge in [0.25, 0.3) is 0 Å². The smallest absolute Gasteiger partial charge is 0.744 e. The molecule has 19 heteroatoms. The predicted octanol–water partition coefficient (Wildman–Crippen LogP) is 3.40. The van der Waals surface area contributed by atoms with Crippen LogP contribution in [0.4, 0.5) is 17.1 Å². The molecule has 0 unspecified atom stereocenters. The minimum Gasteiger partial charge on any atom is -0.744 e. The van der Waals surface area contributed by atoms with E-state index in [0.29, 0.717) is 16.7 Å². The number of hydrogen-bond donors (Lipinski definition) is 3. The van der Waals surface area contributed by atoms with E-state index in [-0.39, 0.29) is 48.6 Å². The summed E-state index contributed by atoms with van der Waals surface area (Å²) < 4.78 is 95.6. The fourth-order valence-electron chi connectivity index (χ4n) is 2.58. The molecule has 0 atom stereocenters. The molecule has 1 radical (unpaired) electrons. The van der Waals surface area contributed by atoms with Crippen molar-refractivity contribution in [3.63, 3.8) is 0 Å². The summed E-state index contributed by atoms with van der Waals surface area (Å²) in [5.41, 5.74) is 18.9. The van der Waals surface area contributed by atoms with Gasteiger partial charge in [0.05, 0.1) is 29.8 Å². The van der Waals surface area contributed by atoms with Gasteiger partial charge in [0.1, 0.15) is 30.4 Å². The van der Waals surface area contributed by atoms with Crippen LogP contribution in [0.5, 0.6) is 0 Å². The number of aryl methyl sites for hydroxylation is 3.